The molecule has 28 heavy (non-hydrogen) atoms. The number of Topliss-reactive ketones (excluding diaryl/α,β-unsaturated/α-hetero) is 1. The van der Waals surface area contributed by atoms with E-state index in [-0.39, 0.29) is 17.6 Å². The lowest BCUT2D eigenvalue weighted by Crippen LogP contribution is -2.40. The van der Waals surface area contributed by atoms with Gasteiger partial charge in [0.15, 0.2) is 5.78 Å². The van der Waals surface area contributed by atoms with Crippen LogP contribution in [0.2, 0.25) is 0 Å². The molecule has 1 aliphatic heterocycles. The zero-order valence-electron chi connectivity index (χ0n) is 15.8. The zero-order valence-corrected chi connectivity index (χ0v) is 15.8. The third-order valence-corrected chi connectivity index (χ3v) is 5.45. The Labute approximate surface area is 165 Å². The maximum absolute atomic E-state index is 13.2. The number of hydrogen-bond acceptors (Lipinski definition) is 2. The lowest BCUT2D eigenvalue weighted by atomic mass is 9.88. The van der Waals surface area contributed by atoms with Gasteiger partial charge in [-0.15, -0.1) is 0 Å². The summed E-state index contributed by atoms with van der Waals surface area (Å²) in [7, 11) is 0. The van der Waals surface area contributed by atoms with Crippen molar-refractivity contribution >= 4 is 11.7 Å². The van der Waals surface area contributed by atoms with E-state index < -0.39 is 0 Å². The Morgan fingerprint density at radius 1 is 0.714 bits per heavy atom. The standard InChI is InChI=1S/C25H23NO2/c27-24(20-11-5-2-6-12-20)21-15-17-26(18-16-21)25(28)23-14-8-7-13-22(23)19-9-3-1-4-10-19/h1-14,21H,15-18H2. The molecule has 1 saturated heterocycles. The van der Waals surface area contributed by atoms with Gasteiger partial charge in [-0.2, -0.15) is 0 Å². The van der Waals surface area contributed by atoms with Crippen molar-refractivity contribution in [3.63, 3.8) is 0 Å². The monoisotopic (exact) mass is 369 g/mol. The summed E-state index contributed by atoms with van der Waals surface area (Å²) >= 11 is 0. The van der Waals surface area contributed by atoms with E-state index >= 15 is 0 Å². The van der Waals surface area contributed by atoms with Gasteiger partial charge in [0.05, 0.1) is 0 Å². The Kier molecular flexibility index (Phi) is 5.34. The van der Waals surface area contributed by atoms with Crippen LogP contribution >= 0.6 is 0 Å². The largest absolute Gasteiger partial charge is 0.339 e. The topological polar surface area (TPSA) is 37.4 Å². The van der Waals surface area contributed by atoms with Crippen LogP contribution in [0, 0.1) is 5.92 Å². The normalized spacial score (nSPS) is 14.6. The molecule has 0 aromatic heterocycles. The summed E-state index contributed by atoms with van der Waals surface area (Å²) < 4.78 is 0. The average Bonchev–Trinajstić information content (AvgIpc) is 2.79. The molecule has 3 aromatic rings. The second kappa shape index (κ2) is 8.22. The SMILES string of the molecule is O=C(c1ccccc1)C1CCN(C(=O)c2ccccc2-c2ccccc2)CC1. The number of likely N-dealkylation sites (tertiary alicyclic amines) is 1. The summed E-state index contributed by atoms with van der Waals surface area (Å²) in [6, 6.07) is 27.2. The number of ketones is 1. The smallest absolute Gasteiger partial charge is 0.254 e. The van der Waals surface area contributed by atoms with Crippen molar-refractivity contribution in [3.8, 4) is 11.1 Å². The molecule has 0 saturated carbocycles. The number of carbonyl (C=O) groups is 2. The summed E-state index contributed by atoms with van der Waals surface area (Å²) in [5, 5.41) is 0. The predicted molar refractivity (Wildman–Crippen MR) is 111 cm³/mol. The minimum Gasteiger partial charge on any atom is -0.339 e. The first-order chi connectivity index (χ1) is 13.7. The third kappa shape index (κ3) is 3.74. The van der Waals surface area contributed by atoms with E-state index in [1.807, 2.05) is 89.8 Å². The average molecular weight is 369 g/mol. The van der Waals surface area contributed by atoms with Crippen LogP contribution in [0.3, 0.4) is 0 Å². The van der Waals surface area contributed by atoms with Crippen molar-refractivity contribution in [2.24, 2.45) is 5.92 Å². The van der Waals surface area contributed by atoms with Crippen LogP contribution in [0.15, 0.2) is 84.9 Å². The Morgan fingerprint density at radius 2 is 1.29 bits per heavy atom. The molecule has 1 amide bonds. The molecule has 1 heterocycles. The first kappa shape index (κ1) is 18.2. The number of benzene rings is 3. The Bertz CT molecular complexity index is 958. The van der Waals surface area contributed by atoms with E-state index in [4.69, 9.17) is 0 Å². The highest BCUT2D eigenvalue weighted by Crippen LogP contribution is 2.27. The van der Waals surface area contributed by atoms with Crippen LogP contribution in [0.1, 0.15) is 33.6 Å². The number of hydrogen-bond donors (Lipinski definition) is 0. The number of carbonyl (C=O) groups excluding carboxylic acids is 2. The predicted octanol–water partition coefficient (Wildman–Crippen LogP) is 5.09. The van der Waals surface area contributed by atoms with E-state index in [0.717, 1.165) is 22.3 Å². The minimum absolute atomic E-state index is 0.00387. The van der Waals surface area contributed by atoms with E-state index in [1.54, 1.807) is 0 Å². The van der Waals surface area contributed by atoms with Gasteiger partial charge in [-0.25, -0.2) is 0 Å². The van der Waals surface area contributed by atoms with Crippen molar-refractivity contribution in [2.75, 3.05) is 13.1 Å². The number of amides is 1. The van der Waals surface area contributed by atoms with Gasteiger partial charge in [0.25, 0.3) is 5.91 Å². The van der Waals surface area contributed by atoms with Gasteiger partial charge in [0.2, 0.25) is 0 Å². The van der Waals surface area contributed by atoms with Crippen LogP contribution in [0.5, 0.6) is 0 Å². The number of nitrogens with zero attached hydrogens (tertiary/aromatic N) is 1. The minimum atomic E-state index is -0.00387. The van der Waals surface area contributed by atoms with E-state index in [1.165, 1.54) is 0 Å². The van der Waals surface area contributed by atoms with Crippen molar-refractivity contribution in [3.05, 3.63) is 96.1 Å². The fourth-order valence-corrected chi connectivity index (χ4v) is 3.89. The molecule has 3 aromatic carbocycles. The fourth-order valence-electron chi connectivity index (χ4n) is 3.89. The molecule has 1 fully saturated rings. The Hall–Kier alpha value is -3.20. The third-order valence-electron chi connectivity index (χ3n) is 5.45. The van der Waals surface area contributed by atoms with Crippen LogP contribution in [-0.4, -0.2) is 29.7 Å². The molecule has 0 atom stereocenters. The number of rotatable bonds is 4. The first-order valence-corrected chi connectivity index (χ1v) is 9.77. The maximum Gasteiger partial charge on any atom is 0.254 e. The highest BCUT2D eigenvalue weighted by atomic mass is 16.2. The van der Waals surface area contributed by atoms with Crippen molar-refractivity contribution in [2.45, 2.75) is 12.8 Å². The van der Waals surface area contributed by atoms with Gasteiger partial charge in [0, 0.05) is 30.1 Å². The van der Waals surface area contributed by atoms with Crippen molar-refractivity contribution in [1.82, 2.24) is 4.90 Å². The molecule has 0 N–H and O–H groups in total. The Morgan fingerprint density at radius 3 is 1.96 bits per heavy atom. The highest BCUT2D eigenvalue weighted by molar-refractivity contribution is 6.01. The van der Waals surface area contributed by atoms with Crippen LogP contribution < -0.4 is 0 Å². The lowest BCUT2D eigenvalue weighted by molar-refractivity contribution is 0.0651. The van der Waals surface area contributed by atoms with Gasteiger partial charge in [0.1, 0.15) is 0 Å². The van der Waals surface area contributed by atoms with E-state index in [0.29, 0.717) is 25.9 Å². The molecule has 3 heteroatoms. The van der Waals surface area contributed by atoms with Crippen molar-refractivity contribution < 1.29 is 9.59 Å². The Balaban J connectivity index is 1.48. The number of piperidine rings is 1. The van der Waals surface area contributed by atoms with Gasteiger partial charge < -0.3 is 4.90 Å². The van der Waals surface area contributed by atoms with Crippen LogP contribution in [-0.2, 0) is 0 Å². The summed E-state index contributed by atoms with van der Waals surface area (Å²) in [6.07, 6.45) is 1.43. The summed E-state index contributed by atoms with van der Waals surface area (Å²) in [5.74, 6) is 0.235. The second-order valence-electron chi connectivity index (χ2n) is 7.21. The summed E-state index contributed by atoms with van der Waals surface area (Å²) in [5.41, 5.74) is 3.49. The molecular weight excluding hydrogens is 346 g/mol. The van der Waals surface area contributed by atoms with E-state index in [2.05, 4.69) is 0 Å². The van der Waals surface area contributed by atoms with Gasteiger partial charge >= 0.3 is 0 Å². The van der Waals surface area contributed by atoms with E-state index in [9.17, 15) is 9.59 Å². The van der Waals surface area contributed by atoms with Gasteiger partial charge in [-0.3, -0.25) is 9.59 Å². The zero-order chi connectivity index (χ0) is 19.3. The molecule has 0 spiro atoms. The second-order valence-corrected chi connectivity index (χ2v) is 7.21. The van der Waals surface area contributed by atoms with Crippen LogP contribution in [0.4, 0.5) is 0 Å². The molecular formula is C25H23NO2. The van der Waals surface area contributed by atoms with Gasteiger partial charge in [-0.1, -0.05) is 78.9 Å². The fraction of sp³-hybridized carbons (Fsp3) is 0.200. The molecule has 4 rings (SSSR count). The molecule has 0 radical (unpaired) electrons. The quantitative estimate of drug-likeness (QED) is 0.601. The molecule has 1 aliphatic rings. The molecule has 3 nitrogen and oxygen atoms in total. The highest BCUT2D eigenvalue weighted by Gasteiger charge is 2.29. The molecule has 0 bridgehead atoms. The molecule has 0 unspecified atom stereocenters. The van der Waals surface area contributed by atoms with Gasteiger partial charge in [-0.05, 0) is 30.0 Å². The molecule has 140 valence electrons. The van der Waals surface area contributed by atoms with Crippen molar-refractivity contribution in [1.29, 1.82) is 0 Å². The lowest BCUT2D eigenvalue weighted by Gasteiger charge is -2.32. The van der Waals surface area contributed by atoms with Crippen LogP contribution in [0.25, 0.3) is 11.1 Å². The summed E-state index contributed by atoms with van der Waals surface area (Å²) in [4.78, 5) is 27.7. The first-order valence-electron chi connectivity index (χ1n) is 9.77. The maximum atomic E-state index is 13.2. The summed E-state index contributed by atoms with van der Waals surface area (Å²) in [6.45, 7) is 1.23. The molecule has 0 aliphatic carbocycles.